The van der Waals surface area contributed by atoms with E-state index in [0.717, 1.165) is 17.7 Å². The Morgan fingerprint density at radius 3 is 2.71 bits per heavy atom. The van der Waals surface area contributed by atoms with Crippen molar-refractivity contribution in [3.05, 3.63) is 59.7 Å². The van der Waals surface area contributed by atoms with Gasteiger partial charge < -0.3 is 15.8 Å². The van der Waals surface area contributed by atoms with Gasteiger partial charge in [-0.05, 0) is 37.6 Å². The van der Waals surface area contributed by atoms with Crippen LogP contribution in [0.1, 0.15) is 22.3 Å². The van der Waals surface area contributed by atoms with Gasteiger partial charge in [0.1, 0.15) is 5.75 Å². The molecule has 0 spiro atoms. The summed E-state index contributed by atoms with van der Waals surface area (Å²) in [6, 6.07) is 15.1. The lowest BCUT2D eigenvalue weighted by Gasteiger charge is -2.09. The second-order valence-corrected chi connectivity index (χ2v) is 4.86. The highest BCUT2D eigenvalue weighted by atomic mass is 16.5. The molecule has 0 aliphatic rings. The molecule has 0 atom stereocenters. The number of nitrogens with one attached hydrogen (secondary N) is 1. The van der Waals surface area contributed by atoms with Crippen molar-refractivity contribution >= 4 is 11.6 Å². The molecule has 21 heavy (non-hydrogen) atoms. The molecule has 0 heterocycles. The second-order valence-electron chi connectivity index (χ2n) is 4.86. The lowest BCUT2D eigenvalue weighted by Crippen LogP contribution is -2.26. The highest BCUT2D eigenvalue weighted by Crippen LogP contribution is 2.13. The zero-order valence-corrected chi connectivity index (χ0v) is 12.1. The highest BCUT2D eigenvalue weighted by molar-refractivity contribution is 5.99. The lowest BCUT2D eigenvalue weighted by molar-refractivity contribution is 0.0952. The van der Waals surface area contributed by atoms with Gasteiger partial charge in [-0.3, -0.25) is 4.79 Å². The van der Waals surface area contributed by atoms with Crippen molar-refractivity contribution in [2.45, 2.75) is 13.3 Å². The van der Waals surface area contributed by atoms with Crippen LogP contribution in [0.25, 0.3) is 0 Å². The van der Waals surface area contributed by atoms with Gasteiger partial charge in [-0.1, -0.05) is 29.8 Å². The standard InChI is InChI=1S/C17H20N2O2/c1-13-8-9-16(18)15(12-13)17(20)19-10-5-11-21-14-6-3-2-4-7-14/h2-4,6-9,12H,5,10-11,18H2,1H3,(H,19,20). The van der Waals surface area contributed by atoms with E-state index in [-0.39, 0.29) is 5.91 Å². The molecule has 1 amide bonds. The summed E-state index contributed by atoms with van der Waals surface area (Å²) in [5.41, 5.74) is 7.85. The fourth-order valence-corrected chi connectivity index (χ4v) is 1.94. The SMILES string of the molecule is Cc1ccc(N)c(C(=O)NCCCOc2ccccc2)c1. The van der Waals surface area contributed by atoms with Gasteiger partial charge in [-0.15, -0.1) is 0 Å². The van der Waals surface area contributed by atoms with Crippen LogP contribution >= 0.6 is 0 Å². The number of hydrogen-bond acceptors (Lipinski definition) is 3. The number of benzene rings is 2. The van der Waals surface area contributed by atoms with E-state index in [1.54, 1.807) is 12.1 Å². The Morgan fingerprint density at radius 1 is 1.19 bits per heavy atom. The summed E-state index contributed by atoms with van der Waals surface area (Å²) in [5, 5.41) is 2.85. The zero-order valence-electron chi connectivity index (χ0n) is 12.1. The van der Waals surface area contributed by atoms with Crippen molar-refractivity contribution in [1.29, 1.82) is 0 Å². The number of anilines is 1. The van der Waals surface area contributed by atoms with Crippen molar-refractivity contribution in [2.24, 2.45) is 0 Å². The Balaban J connectivity index is 1.73. The number of aryl methyl sites for hydroxylation is 1. The molecule has 4 heteroatoms. The van der Waals surface area contributed by atoms with Crippen LogP contribution in [0.2, 0.25) is 0 Å². The number of amides is 1. The van der Waals surface area contributed by atoms with Gasteiger partial charge in [0, 0.05) is 12.2 Å². The number of para-hydroxylation sites is 1. The molecule has 0 fully saturated rings. The number of rotatable bonds is 6. The third-order valence-corrected chi connectivity index (χ3v) is 3.07. The van der Waals surface area contributed by atoms with Gasteiger partial charge in [0.2, 0.25) is 0 Å². The first-order valence-electron chi connectivity index (χ1n) is 6.99. The molecule has 0 unspecified atom stereocenters. The maximum atomic E-state index is 12.0. The van der Waals surface area contributed by atoms with Gasteiger partial charge in [0.25, 0.3) is 5.91 Å². The minimum Gasteiger partial charge on any atom is -0.494 e. The smallest absolute Gasteiger partial charge is 0.253 e. The van der Waals surface area contributed by atoms with Crippen molar-refractivity contribution in [2.75, 3.05) is 18.9 Å². The molecule has 2 aromatic carbocycles. The number of carbonyl (C=O) groups excluding carboxylic acids is 1. The van der Waals surface area contributed by atoms with Crippen LogP contribution < -0.4 is 15.8 Å². The molecule has 110 valence electrons. The molecular formula is C17H20N2O2. The summed E-state index contributed by atoms with van der Waals surface area (Å²) in [7, 11) is 0. The van der Waals surface area contributed by atoms with Gasteiger partial charge >= 0.3 is 0 Å². The first kappa shape index (κ1) is 14.9. The Bertz CT molecular complexity index is 597. The molecule has 2 aromatic rings. The molecule has 0 bridgehead atoms. The first-order chi connectivity index (χ1) is 10.2. The molecule has 0 saturated carbocycles. The average Bonchev–Trinajstić information content (AvgIpc) is 2.50. The third kappa shape index (κ3) is 4.53. The van der Waals surface area contributed by atoms with Crippen LogP contribution in [0.3, 0.4) is 0 Å². The Morgan fingerprint density at radius 2 is 1.95 bits per heavy atom. The number of carbonyl (C=O) groups is 1. The summed E-state index contributed by atoms with van der Waals surface area (Å²) in [5.74, 6) is 0.697. The minimum absolute atomic E-state index is 0.143. The summed E-state index contributed by atoms with van der Waals surface area (Å²) >= 11 is 0. The molecule has 0 aliphatic heterocycles. The molecule has 0 aromatic heterocycles. The Kier molecular flexibility index (Phi) is 5.21. The van der Waals surface area contributed by atoms with Crippen molar-refractivity contribution in [3.8, 4) is 5.75 Å². The lowest BCUT2D eigenvalue weighted by atomic mass is 10.1. The zero-order chi connectivity index (χ0) is 15.1. The topological polar surface area (TPSA) is 64.4 Å². The van der Waals surface area contributed by atoms with E-state index in [1.165, 1.54) is 0 Å². The van der Waals surface area contributed by atoms with Gasteiger partial charge in [0.15, 0.2) is 0 Å². The Labute approximate surface area is 124 Å². The van der Waals surface area contributed by atoms with E-state index in [4.69, 9.17) is 10.5 Å². The van der Waals surface area contributed by atoms with E-state index < -0.39 is 0 Å². The summed E-state index contributed by atoms with van der Waals surface area (Å²) in [6.07, 6.45) is 0.742. The van der Waals surface area contributed by atoms with E-state index in [0.29, 0.717) is 24.4 Å². The molecular weight excluding hydrogens is 264 g/mol. The first-order valence-corrected chi connectivity index (χ1v) is 6.99. The van der Waals surface area contributed by atoms with E-state index >= 15 is 0 Å². The monoisotopic (exact) mass is 284 g/mol. The van der Waals surface area contributed by atoms with Crippen LogP contribution in [0.4, 0.5) is 5.69 Å². The normalized spacial score (nSPS) is 10.1. The predicted molar refractivity (Wildman–Crippen MR) is 84.5 cm³/mol. The number of nitrogen functional groups attached to an aromatic ring is 1. The van der Waals surface area contributed by atoms with Crippen LogP contribution in [-0.4, -0.2) is 19.1 Å². The summed E-state index contributed by atoms with van der Waals surface area (Å²) in [6.45, 7) is 3.05. The molecule has 0 aliphatic carbocycles. The van der Waals surface area contributed by atoms with Gasteiger partial charge in [-0.2, -0.15) is 0 Å². The molecule has 0 saturated heterocycles. The van der Waals surface area contributed by atoms with E-state index in [1.807, 2.05) is 43.3 Å². The summed E-state index contributed by atoms with van der Waals surface area (Å²) < 4.78 is 5.56. The van der Waals surface area contributed by atoms with Crippen LogP contribution in [0.15, 0.2) is 48.5 Å². The maximum Gasteiger partial charge on any atom is 0.253 e. The fourth-order valence-electron chi connectivity index (χ4n) is 1.94. The number of ether oxygens (including phenoxy) is 1. The van der Waals surface area contributed by atoms with Crippen LogP contribution in [-0.2, 0) is 0 Å². The fraction of sp³-hybridized carbons (Fsp3) is 0.235. The highest BCUT2D eigenvalue weighted by Gasteiger charge is 2.08. The average molecular weight is 284 g/mol. The quantitative estimate of drug-likeness (QED) is 0.633. The minimum atomic E-state index is -0.143. The largest absolute Gasteiger partial charge is 0.494 e. The summed E-state index contributed by atoms with van der Waals surface area (Å²) in [4.78, 5) is 12.0. The maximum absolute atomic E-state index is 12.0. The van der Waals surface area contributed by atoms with Crippen molar-refractivity contribution in [1.82, 2.24) is 5.32 Å². The van der Waals surface area contributed by atoms with Gasteiger partial charge in [0.05, 0.1) is 12.2 Å². The predicted octanol–water partition coefficient (Wildman–Crippen LogP) is 2.78. The molecule has 0 radical (unpaired) electrons. The van der Waals surface area contributed by atoms with Gasteiger partial charge in [-0.25, -0.2) is 0 Å². The Hall–Kier alpha value is -2.49. The number of nitrogens with two attached hydrogens (primary N) is 1. The molecule has 2 rings (SSSR count). The van der Waals surface area contributed by atoms with E-state index in [9.17, 15) is 4.79 Å². The van der Waals surface area contributed by atoms with Crippen molar-refractivity contribution in [3.63, 3.8) is 0 Å². The van der Waals surface area contributed by atoms with E-state index in [2.05, 4.69) is 5.32 Å². The van der Waals surface area contributed by atoms with Crippen molar-refractivity contribution < 1.29 is 9.53 Å². The molecule has 3 N–H and O–H groups in total. The third-order valence-electron chi connectivity index (χ3n) is 3.07. The second kappa shape index (κ2) is 7.33. The molecule has 4 nitrogen and oxygen atoms in total. The number of hydrogen-bond donors (Lipinski definition) is 2. The van der Waals surface area contributed by atoms with Crippen LogP contribution in [0.5, 0.6) is 5.75 Å². The van der Waals surface area contributed by atoms with Crippen LogP contribution in [0, 0.1) is 6.92 Å².